The topological polar surface area (TPSA) is 58.4 Å². The Morgan fingerprint density at radius 1 is 1.56 bits per heavy atom. The van der Waals surface area contributed by atoms with Gasteiger partial charge in [-0.05, 0) is 12.5 Å². The Morgan fingerprint density at radius 2 is 2.44 bits per heavy atom. The lowest BCUT2D eigenvalue weighted by molar-refractivity contribution is 0.0280. The van der Waals surface area contributed by atoms with Crippen LogP contribution in [0.1, 0.15) is 12.0 Å². The van der Waals surface area contributed by atoms with Crippen molar-refractivity contribution in [2.24, 2.45) is 0 Å². The van der Waals surface area contributed by atoms with E-state index >= 15 is 0 Å². The first-order valence-electron chi connectivity index (χ1n) is 6.04. The molecule has 0 aliphatic carbocycles. The van der Waals surface area contributed by atoms with Crippen molar-refractivity contribution in [3.8, 4) is 6.07 Å². The summed E-state index contributed by atoms with van der Waals surface area (Å²) in [5, 5.41) is 9.07. The van der Waals surface area contributed by atoms with Crippen molar-refractivity contribution in [3.63, 3.8) is 0 Å². The van der Waals surface area contributed by atoms with Crippen LogP contribution in [-0.2, 0) is 9.47 Å². The molecule has 1 aliphatic heterocycles. The van der Waals surface area contributed by atoms with Crippen LogP contribution in [0.4, 0.5) is 5.69 Å². The lowest BCUT2D eigenvalue weighted by Gasteiger charge is -2.19. The van der Waals surface area contributed by atoms with Crippen LogP contribution in [0.15, 0.2) is 18.5 Å². The fraction of sp³-hybridized carbons (Fsp3) is 0.538. The van der Waals surface area contributed by atoms with E-state index in [1.807, 2.05) is 0 Å². The van der Waals surface area contributed by atoms with E-state index in [1.165, 1.54) is 0 Å². The predicted molar refractivity (Wildman–Crippen MR) is 67.4 cm³/mol. The molecule has 0 saturated carbocycles. The molecule has 1 fully saturated rings. The van der Waals surface area contributed by atoms with Crippen LogP contribution in [0.3, 0.4) is 0 Å². The lowest BCUT2D eigenvalue weighted by atomic mass is 10.2. The van der Waals surface area contributed by atoms with Crippen molar-refractivity contribution in [1.29, 1.82) is 5.26 Å². The second-order valence-corrected chi connectivity index (χ2v) is 4.22. The average molecular weight is 247 g/mol. The van der Waals surface area contributed by atoms with Gasteiger partial charge in [0.05, 0.1) is 36.8 Å². The third-order valence-corrected chi connectivity index (χ3v) is 3.05. The van der Waals surface area contributed by atoms with E-state index < -0.39 is 0 Å². The van der Waals surface area contributed by atoms with Gasteiger partial charge in [0.25, 0.3) is 0 Å². The van der Waals surface area contributed by atoms with Gasteiger partial charge in [-0.3, -0.25) is 4.98 Å². The van der Waals surface area contributed by atoms with Gasteiger partial charge in [-0.25, -0.2) is 0 Å². The molecular weight excluding hydrogens is 230 g/mol. The van der Waals surface area contributed by atoms with Gasteiger partial charge < -0.3 is 14.4 Å². The minimum Gasteiger partial charge on any atom is -0.382 e. The zero-order chi connectivity index (χ0) is 12.8. The third kappa shape index (κ3) is 2.97. The summed E-state index contributed by atoms with van der Waals surface area (Å²) in [5.74, 6) is 0. The molecule has 1 aliphatic rings. The summed E-state index contributed by atoms with van der Waals surface area (Å²) in [7, 11) is 1.67. The Balaban J connectivity index is 1.94. The number of ether oxygens (including phenoxy) is 2. The number of pyridine rings is 1. The second-order valence-electron chi connectivity index (χ2n) is 4.22. The number of nitriles is 1. The average Bonchev–Trinajstić information content (AvgIpc) is 2.88. The van der Waals surface area contributed by atoms with Gasteiger partial charge in [0.1, 0.15) is 6.07 Å². The maximum atomic E-state index is 9.07. The normalized spacial score (nSPS) is 18.9. The number of rotatable bonds is 5. The summed E-state index contributed by atoms with van der Waals surface area (Å²) < 4.78 is 10.7. The van der Waals surface area contributed by atoms with E-state index in [9.17, 15) is 0 Å². The molecule has 2 heterocycles. The van der Waals surface area contributed by atoms with E-state index in [0.29, 0.717) is 18.8 Å². The smallest absolute Gasteiger partial charge is 0.101 e. The largest absolute Gasteiger partial charge is 0.382 e. The highest BCUT2D eigenvalue weighted by molar-refractivity contribution is 5.58. The molecule has 5 heteroatoms. The van der Waals surface area contributed by atoms with Crippen molar-refractivity contribution >= 4 is 5.69 Å². The number of nitrogens with zero attached hydrogens (tertiary/aromatic N) is 3. The molecule has 1 atom stereocenters. The minimum absolute atomic E-state index is 0.215. The molecule has 18 heavy (non-hydrogen) atoms. The maximum absolute atomic E-state index is 9.07. The van der Waals surface area contributed by atoms with Crippen LogP contribution in [-0.4, -0.2) is 44.5 Å². The molecule has 96 valence electrons. The lowest BCUT2D eigenvalue weighted by Crippen LogP contribution is -2.24. The van der Waals surface area contributed by atoms with Gasteiger partial charge in [0, 0.05) is 26.4 Å². The van der Waals surface area contributed by atoms with Crippen molar-refractivity contribution < 1.29 is 9.47 Å². The second kappa shape index (κ2) is 6.34. The quantitative estimate of drug-likeness (QED) is 0.732. The van der Waals surface area contributed by atoms with Crippen LogP contribution in [0.5, 0.6) is 0 Å². The van der Waals surface area contributed by atoms with Gasteiger partial charge in [-0.15, -0.1) is 0 Å². The highest BCUT2D eigenvalue weighted by Gasteiger charge is 2.24. The van der Waals surface area contributed by atoms with Gasteiger partial charge >= 0.3 is 0 Å². The first-order chi connectivity index (χ1) is 8.85. The van der Waals surface area contributed by atoms with E-state index in [0.717, 1.165) is 25.2 Å². The highest BCUT2D eigenvalue weighted by atomic mass is 16.5. The van der Waals surface area contributed by atoms with Crippen molar-refractivity contribution in [1.82, 2.24) is 4.98 Å². The summed E-state index contributed by atoms with van der Waals surface area (Å²) in [4.78, 5) is 6.24. The maximum Gasteiger partial charge on any atom is 0.101 e. The molecule has 0 amide bonds. The molecule has 1 aromatic heterocycles. The number of aromatic nitrogens is 1. The zero-order valence-electron chi connectivity index (χ0n) is 10.5. The summed E-state index contributed by atoms with van der Waals surface area (Å²) in [6.45, 7) is 2.95. The molecule has 0 bridgehead atoms. The van der Waals surface area contributed by atoms with E-state index in [2.05, 4.69) is 16.0 Å². The number of hydrogen-bond acceptors (Lipinski definition) is 5. The van der Waals surface area contributed by atoms with E-state index in [-0.39, 0.29) is 6.10 Å². The highest BCUT2D eigenvalue weighted by Crippen LogP contribution is 2.24. The van der Waals surface area contributed by atoms with Gasteiger partial charge in [-0.1, -0.05) is 0 Å². The van der Waals surface area contributed by atoms with Crippen LogP contribution < -0.4 is 4.90 Å². The first kappa shape index (κ1) is 12.8. The Bertz CT molecular complexity index is 430. The van der Waals surface area contributed by atoms with Crippen LogP contribution in [0.2, 0.25) is 0 Å². The third-order valence-electron chi connectivity index (χ3n) is 3.05. The Morgan fingerprint density at radius 3 is 3.22 bits per heavy atom. The fourth-order valence-electron chi connectivity index (χ4n) is 2.11. The molecule has 1 unspecified atom stereocenters. The van der Waals surface area contributed by atoms with Crippen molar-refractivity contribution in [3.05, 3.63) is 24.0 Å². The first-order valence-corrected chi connectivity index (χ1v) is 6.04. The molecule has 1 aromatic rings. The Kier molecular flexibility index (Phi) is 4.51. The monoisotopic (exact) mass is 247 g/mol. The van der Waals surface area contributed by atoms with Crippen LogP contribution in [0.25, 0.3) is 0 Å². The predicted octanol–water partition coefficient (Wildman–Crippen LogP) is 1.19. The molecule has 2 rings (SSSR count). The Labute approximate surface area is 107 Å². The molecule has 1 saturated heterocycles. The molecule has 0 aromatic carbocycles. The SMILES string of the molecule is COCCOC1CCN(c2cnccc2C#N)C1. The van der Waals surface area contributed by atoms with E-state index in [4.69, 9.17) is 14.7 Å². The number of hydrogen-bond donors (Lipinski definition) is 0. The number of methoxy groups -OCH3 is 1. The zero-order valence-corrected chi connectivity index (χ0v) is 10.5. The molecule has 0 spiro atoms. The standard InChI is InChI=1S/C13H17N3O2/c1-17-6-7-18-12-3-5-16(10-12)13-9-15-4-2-11(13)8-14/h2,4,9,12H,3,5-7,10H2,1H3. The minimum atomic E-state index is 0.215. The fourth-order valence-corrected chi connectivity index (χ4v) is 2.11. The molecule has 0 N–H and O–H groups in total. The summed E-state index contributed by atoms with van der Waals surface area (Å²) in [5.41, 5.74) is 1.57. The summed E-state index contributed by atoms with van der Waals surface area (Å²) in [6, 6.07) is 3.94. The molecule has 0 radical (unpaired) electrons. The summed E-state index contributed by atoms with van der Waals surface area (Å²) in [6.07, 6.45) is 4.58. The molecule has 5 nitrogen and oxygen atoms in total. The van der Waals surface area contributed by atoms with Crippen molar-refractivity contribution in [2.75, 3.05) is 38.3 Å². The van der Waals surface area contributed by atoms with Gasteiger partial charge in [-0.2, -0.15) is 5.26 Å². The van der Waals surface area contributed by atoms with Crippen molar-refractivity contribution in [2.45, 2.75) is 12.5 Å². The van der Waals surface area contributed by atoms with Crippen LogP contribution in [0, 0.1) is 11.3 Å². The molecular formula is C13H17N3O2. The van der Waals surface area contributed by atoms with Gasteiger partial charge in [0.15, 0.2) is 0 Å². The van der Waals surface area contributed by atoms with E-state index in [1.54, 1.807) is 25.6 Å². The van der Waals surface area contributed by atoms with Gasteiger partial charge in [0.2, 0.25) is 0 Å². The Hall–Kier alpha value is -1.64. The summed E-state index contributed by atoms with van der Waals surface area (Å²) >= 11 is 0. The number of anilines is 1. The van der Waals surface area contributed by atoms with Crippen LogP contribution >= 0.6 is 0 Å².